The molecule has 0 aliphatic carbocycles. The van der Waals surface area contributed by atoms with Crippen molar-refractivity contribution in [1.82, 2.24) is 20.4 Å². The van der Waals surface area contributed by atoms with Crippen LogP contribution in [0.5, 0.6) is 0 Å². The van der Waals surface area contributed by atoms with Crippen molar-refractivity contribution in [2.75, 3.05) is 14.1 Å². The number of H-pyrrole nitrogens is 1. The van der Waals surface area contributed by atoms with Crippen LogP contribution in [0.3, 0.4) is 0 Å². The third kappa shape index (κ3) is 10.2. The van der Waals surface area contributed by atoms with Crippen molar-refractivity contribution in [3.63, 3.8) is 0 Å². The van der Waals surface area contributed by atoms with Crippen LogP contribution < -0.4 is 5.32 Å². The summed E-state index contributed by atoms with van der Waals surface area (Å²) in [4.78, 5) is 21.8. The van der Waals surface area contributed by atoms with Crippen LogP contribution in [0, 0.1) is 5.92 Å². The summed E-state index contributed by atoms with van der Waals surface area (Å²) >= 11 is 0. The summed E-state index contributed by atoms with van der Waals surface area (Å²) in [5.74, 6) is -0.133. The van der Waals surface area contributed by atoms with Crippen molar-refractivity contribution in [1.29, 1.82) is 0 Å². The highest BCUT2D eigenvalue weighted by Crippen LogP contribution is 2.11. The normalized spacial score (nSPS) is 14.8. The third-order valence-corrected chi connectivity index (χ3v) is 4.37. The maximum atomic E-state index is 10.9. The van der Waals surface area contributed by atoms with Crippen molar-refractivity contribution < 1.29 is 4.79 Å². The first-order valence-electron chi connectivity index (χ1n) is 10.8. The van der Waals surface area contributed by atoms with Gasteiger partial charge in [-0.2, -0.15) is 5.10 Å². The topological polar surface area (TPSA) is 85.7 Å². The Balaban J connectivity index is 2.99. The number of hydrogen-bond acceptors (Lipinski definition) is 6. The quantitative estimate of drug-likeness (QED) is 0.160. The summed E-state index contributed by atoms with van der Waals surface area (Å²) in [6.07, 6.45) is 19.0. The summed E-state index contributed by atoms with van der Waals surface area (Å²) in [6.45, 7) is 7.78. The highest BCUT2D eigenvalue weighted by atomic mass is 16.1. The van der Waals surface area contributed by atoms with Crippen molar-refractivity contribution in [3.05, 3.63) is 71.5 Å². The van der Waals surface area contributed by atoms with Gasteiger partial charge in [0, 0.05) is 41.7 Å². The first-order valence-corrected chi connectivity index (χ1v) is 10.8. The molecular formula is C25H36N6O. The minimum absolute atomic E-state index is 0.133. The SMILES string of the molecule is C/C=N\C=C=CC=CCc1n[nH]cc1/C(C)=N/C(NC(/C=C\C(C)C=O)=C/CC)N(C)C. The molecule has 0 fully saturated rings. The molecule has 1 heterocycles. The summed E-state index contributed by atoms with van der Waals surface area (Å²) in [7, 11) is 3.94. The molecule has 0 bridgehead atoms. The van der Waals surface area contributed by atoms with E-state index in [9.17, 15) is 4.79 Å². The number of carbonyl (C=O) groups excluding carboxylic acids is 1. The Morgan fingerprint density at radius 2 is 2.19 bits per heavy atom. The third-order valence-electron chi connectivity index (χ3n) is 4.37. The van der Waals surface area contributed by atoms with Gasteiger partial charge >= 0.3 is 0 Å². The molecule has 1 aromatic heterocycles. The highest BCUT2D eigenvalue weighted by Gasteiger charge is 2.13. The van der Waals surface area contributed by atoms with Crippen molar-refractivity contribution in [3.8, 4) is 0 Å². The van der Waals surface area contributed by atoms with Gasteiger partial charge in [0.05, 0.1) is 11.9 Å². The minimum atomic E-state index is -0.269. The Kier molecular flexibility index (Phi) is 13.0. The number of rotatable bonds is 13. The Labute approximate surface area is 192 Å². The average Bonchev–Trinajstić information content (AvgIpc) is 3.24. The van der Waals surface area contributed by atoms with E-state index in [0.29, 0.717) is 6.42 Å². The summed E-state index contributed by atoms with van der Waals surface area (Å²) in [5, 5.41) is 10.8. The van der Waals surface area contributed by atoms with Gasteiger partial charge in [0.25, 0.3) is 0 Å². The number of allylic oxidation sites excluding steroid dienone is 6. The minimum Gasteiger partial charge on any atom is -0.352 e. The van der Waals surface area contributed by atoms with E-state index >= 15 is 0 Å². The van der Waals surface area contributed by atoms with Crippen LogP contribution in [-0.4, -0.2) is 53.7 Å². The van der Waals surface area contributed by atoms with Crippen molar-refractivity contribution in [2.24, 2.45) is 15.9 Å². The lowest BCUT2D eigenvalue weighted by Crippen LogP contribution is -2.39. The number of aliphatic imine (C=N–C) groups is 2. The number of carbonyl (C=O) groups is 1. The Bertz CT molecular complexity index is 911. The zero-order chi connectivity index (χ0) is 23.8. The molecular weight excluding hydrogens is 400 g/mol. The molecule has 0 spiro atoms. The number of hydrogen-bond donors (Lipinski definition) is 2. The molecule has 2 N–H and O–H groups in total. The average molecular weight is 437 g/mol. The fraction of sp³-hybridized carbons (Fsp3) is 0.400. The first kappa shape index (κ1) is 26.8. The molecule has 0 saturated carbocycles. The summed E-state index contributed by atoms with van der Waals surface area (Å²) in [5.41, 5.74) is 6.67. The Hall–Kier alpha value is -3.28. The molecule has 0 amide bonds. The zero-order valence-corrected chi connectivity index (χ0v) is 20.0. The molecule has 172 valence electrons. The van der Waals surface area contributed by atoms with E-state index in [2.05, 4.69) is 39.2 Å². The second-order valence-electron chi connectivity index (χ2n) is 7.37. The molecule has 2 unspecified atom stereocenters. The fourth-order valence-corrected chi connectivity index (χ4v) is 2.63. The van der Waals surface area contributed by atoms with Crippen molar-refractivity contribution >= 4 is 18.2 Å². The van der Waals surface area contributed by atoms with Crippen LogP contribution in [0.2, 0.25) is 0 Å². The van der Waals surface area contributed by atoms with Crippen LogP contribution in [-0.2, 0) is 11.2 Å². The van der Waals surface area contributed by atoms with Gasteiger partial charge in [-0.1, -0.05) is 38.2 Å². The van der Waals surface area contributed by atoms with E-state index in [1.165, 1.54) is 0 Å². The van der Waals surface area contributed by atoms with Gasteiger partial charge in [0.15, 0.2) is 6.29 Å². The van der Waals surface area contributed by atoms with Crippen LogP contribution in [0.4, 0.5) is 0 Å². The molecule has 2 atom stereocenters. The second-order valence-corrected chi connectivity index (χ2v) is 7.37. The van der Waals surface area contributed by atoms with Crippen LogP contribution in [0.1, 0.15) is 45.4 Å². The van der Waals surface area contributed by atoms with Crippen molar-refractivity contribution in [2.45, 2.75) is 46.8 Å². The van der Waals surface area contributed by atoms with Gasteiger partial charge in [-0.3, -0.25) is 15.0 Å². The molecule has 0 radical (unpaired) electrons. The number of aldehydes is 1. The lowest BCUT2D eigenvalue weighted by molar-refractivity contribution is -0.109. The van der Waals surface area contributed by atoms with E-state index < -0.39 is 0 Å². The second kappa shape index (κ2) is 15.5. The smallest absolute Gasteiger partial charge is 0.176 e. The van der Waals surface area contributed by atoms with Gasteiger partial charge in [-0.05, 0) is 46.5 Å². The van der Waals surface area contributed by atoms with E-state index in [1.807, 2.05) is 76.3 Å². The molecule has 7 heteroatoms. The van der Waals surface area contributed by atoms with E-state index in [4.69, 9.17) is 4.99 Å². The zero-order valence-electron chi connectivity index (χ0n) is 20.0. The highest BCUT2D eigenvalue weighted by molar-refractivity contribution is 5.99. The Morgan fingerprint density at radius 3 is 2.84 bits per heavy atom. The van der Waals surface area contributed by atoms with Crippen LogP contribution >= 0.6 is 0 Å². The lowest BCUT2D eigenvalue weighted by Gasteiger charge is -2.24. The predicted molar refractivity (Wildman–Crippen MR) is 134 cm³/mol. The maximum Gasteiger partial charge on any atom is 0.176 e. The number of aromatic amines is 1. The molecule has 0 aliphatic heterocycles. The van der Waals surface area contributed by atoms with E-state index in [1.54, 1.807) is 12.4 Å². The molecule has 7 nitrogen and oxygen atoms in total. The molecule has 1 aromatic rings. The molecule has 1 rings (SSSR count). The van der Waals surface area contributed by atoms with Gasteiger partial charge in [0.1, 0.15) is 6.29 Å². The van der Waals surface area contributed by atoms with Gasteiger partial charge in [-0.25, -0.2) is 4.99 Å². The monoisotopic (exact) mass is 436 g/mol. The standard InChI is InChI=1S/C25H36N6O/c1-7-13-22(16-15-20(3)19-32)29-25(31(5)6)28-21(4)23-18-27-30-24(23)14-11-9-10-12-17-26-8-2/h8-11,13,15-20,25,29H,7,14H2,1-6H3,(H,27,30)/b11-9?,16-15-,22-13+,26-8-,28-21+. The summed E-state index contributed by atoms with van der Waals surface area (Å²) < 4.78 is 0. The molecule has 0 saturated heterocycles. The lowest BCUT2D eigenvalue weighted by atomic mass is 10.1. The van der Waals surface area contributed by atoms with Gasteiger partial charge in [0.2, 0.25) is 0 Å². The number of nitrogens with one attached hydrogen (secondary N) is 2. The number of aromatic nitrogens is 2. The molecule has 32 heavy (non-hydrogen) atoms. The van der Waals surface area contributed by atoms with E-state index in [0.717, 1.165) is 35.4 Å². The first-order chi connectivity index (χ1) is 15.4. The summed E-state index contributed by atoms with van der Waals surface area (Å²) in [6, 6.07) is 0. The maximum absolute atomic E-state index is 10.9. The predicted octanol–water partition coefficient (Wildman–Crippen LogP) is 4.20. The largest absolute Gasteiger partial charge is 0.352 e. The molecule has 0 aromatic carbocycles. The van der Waals surface area contributed by atoms with Crippen LogP contribution in [0.25, 0.3) is 0 Å². The molecule has 0 aliphatic rings. The number of nitrogens with zero attached hydrogens (tertiary/aromatic N) is 4. The fourth-order valence-electron chi connectivity index (χ4n) is 2.63. The van der Waals surface area contributed by atoms with Crippen LogP contribution in [0.15, 0.2) is 70.3 Å². The Morgan fingerprint density at radius 1 is 1.41 bits per heavy atom. The van der Waals surface area contributed by atoms with E-state index in [-0.39, 0.29) is 12.2 Å². The van der Waals surface area contributed by atoms with Gasteiger partial charge in [-0.15, -0.1) is 5.73 Å². The van der Waals surface area contributed by atoms with Gasteiger partial charge < -0.3 is 10.1 Å².